The zero-order valence-corrected chi connectivity index (χ0v) is 10.7. The maximum absolute atomic E-state index is 11.6. The van der Waals surface area contributed by atoms with Crippen molar-refractivity contribution in [3.05, 3.63) is 0 Å². The molecule has 0 aliphatic carbocycles. The van der Waals surface area contributed by atoms with E-state index in [2.05, 4.69) is 12.2 Å². The molecule has 0 bridgehead atoms. The summed E-state index contributed by atoms with van der Waals surface area (Å²) in [5.41, 5.74) is 5.14. The van der Waals surface area contributed by atoms with Gasteiger partial charge in [0.2, 0.25) is 11.8 Å². The smallest absolute Gasteiger partial charge is 0.239 e. The number of hydrogen-bond acceptors (Lipinski definition) is 2. The van der Waals surface area contributed by atoms with Gasteiger partial charge in [-0.25, -0.2) is 0 Å². The van der Waals surface area contributed by atoms with Gasteiger partial charge in [-0.3, -0.25) is 9.59 Å². The van der Waals surface area contributed by atoms with Crippen LogP contribution in [-0.4, -0.2) is 23.7 Å². The summed E-state index contributed by atoms with van der Waals surface area (Å²) < 4.78 is 0. The predicted molar refractivity (Wildman–Crippen MR) is 65.2 cm³/mol. The number of rotatable bonds is 8. The molecule has 0 aliphatic rings. The Kier molecular flexibility index (Phi) is 7.99. The van der Waals surface area contributed by atoms with Crippen molar-refractivity contribution in [2.45, 2.75) is 45.6 Å². The highest BCUT2D eigenvalue weighted by Crippen LogP contribution is 2.13. The minimum atomic E-state index is -0.565. The Labute approximate surface area is 102 Å². The minimum absolute atomic E-state index is 0.148. The van der Waals surface area contributed by atoms with Crippen molar-refractivity contribution in [3.8, 4) is 0 Å². The van der Waals surface area contributed by atoms with E-state index in [1.165, 1.54) is 0 Å². The van der Waals surface area contributed by atoms with Crippen molar-refractivity contribution in [2.24, 2.45) is 11.7 Å². The summed E-state index contributed by atoms with van der Waals surface area (Å²) in [6.07, 6.45) is 2.80. The Morgan fingerprint density at radius 3 is 2.38 bits per heavy atom. The Hall–Kier alpha value is -0.770. The van der Waals surface area contributed by atoms with E-state index < -0.39 is 11.9 Å². The standard InChI is InChI=1S/C11H21ClN2O2/c1-3-5-8(7-12)6-10(15)14-9(4-2)11(13)16/h8-9H,3-7H2,1-2H3,(H2,13,16)(H,14,15). The Morgan fingerprint density at radius 1 is 1.38 bits per heavy atom. The summed E-state index contributed by atoms with van der Waals surface area (Å²) in [6.45, 7) is 3.86. The lowest BCUT2D eigenvalue weighted by Crippen LogP contribution is -2.44. The summed E-state index contributed by atoms with van der Waals surface area (Å²) in [6, 6.07) is -0.565. The molecule has 2 amide bonds. The van der Waals surface area contributed by atoms with Crippen LogP contribution in [0, 0.1) is 5.92 Å². The van der Waals surface area contributed by atoms with E-state index >= 15 is 0 Å². The molecule has 5 heteroatoms. The molecule has 2 atom stereocenters. The summed E-state index contributed by atoms with van der Waals surface area (Å²) in [4.78, 5) is 22.5. The topological polar surface area (TPSA) is 72.2 Å². The Balaban J connectivity index is 4.09. The third-order valence-corrected chi connectivity index (χ3v) is 2.91. The molecule has 0 saturated carbocycles. The largest absolute Gasteiger partial charge is 0.368 e. The van der Waals surface area contributed by atoms with E-state index in [9.17, 15) is 9.59 Å². The summed E-state index contributed by atoms with van der Waals surface area (Å²) in [5.74, 6) is 0.00445. The third kappa shape index (κ3) is 5.95. The van der Waals surface area contributed by atoms with E-state index in [4.69, 9.17) is 17.3 Å². The first-order valence-corrected chi connectivity index (χ1v) is 6.23. The fourth-order valence-electron chi connectivity index (χ4n) is 1.53. The molecule has 0 aromatic rings. The first kappa shape index (κ1) is 15.2. The number of halogens is 1. The van der Waals surface area contributed by atoms with E-state index in [1.807, 2.05) is 0 Å². The van der Waals surface area contributed by atoms with Gasteiger partial charge in [-0.1, -0.05) is 20.3 Å². The van der Waals surface area contributed by atoms with Crippen LogP contribution in [0.3, 0.4) is 0 Å². The quantitative estimate of drug-likeness (QED) is 0.638. The predicted octanol–water partition coefficient (Wildman–Crippen LogP) is 1.41. The fourth-order valence-corrected chi connectivity index (χ4v) is 1.80. The van der Waals surface area contributed by atoms with Crippen LogP contribution in [0.4, 0.5) is 0 Å². The molecule has 0 aromatic carbocycles. The van der Waals surface area contributed by atoms with Gasteiger partial charge in [-0.2, -0.15) is 0 Å². The summed E-state index contributed by atoms with van der Waals surface area (Å²) in [7, 11) is 0. The molecule has 0 radical (unpaired) electrons. The lowest BCUT2D eigenvalue weighted by atomic mass is 10.0. The molecule has 2 unspecified atom stereocenters. The van der Waals surface area contributed by atoms with Gasteiger partial charge in [0.15, 0.2) is 0 Å². The minimum Gasteiger partial charge on any atom is -0.368 e. The molecule has 0 aliphatic heterocycles. The van der Waals surface area contributed by atoms with Crippen LogP contribution < -0.4 is 11.1 Å². The van der Waals surface area contributed by atoms with Crippen LogP contribution in [0.15, 0.2) is 0 Å². The van der Waals surface area contributed by atoms with E-state index in [0.717, 1.165) is 12.8 Å². The van der Waals surface area contributed by atoms with E-state index in [0.29, 0.717) is 18.7 Å². The van der Waals surface area contributed by atoms with Crippen molar-refractivity contribution >= 4 is 23.4 Å². The normalized spacial score (nSPS) is 14.2. The first-order chi connectivity index (χ1) is 7.54. The second-order valence-electron chi connectivity index (χ2n) is 3.94. The molecular formula is C11H21ClN2O2. The van der Waals surface area contributed by atoms with Crippen molar-refractivity contribution in [1.82, 2.24) is 5.32 Å². The molecule has 3 N–H and O–H groups in total. The molecule has 0 aromatic heterocycles. The van der Waals surface area contributed by atoms with Crippen LogP contribution in [0.2, 0.25) is 0 Å². The van der Waals surface area contributed by atoms with Gasteiger partial charge in [0, 0.05) is 12.3 Å². The van der Waals surface area contributed by atoms with Gasteiger partial charge < -0.3 is 11.1 Å². The summed E-state index contributed by atoms with van der Waals surface area (Å²) in [5, 5.41) is 2.62. The number of nitrogens with one attached hydrogen (secondary N) is 1. The van der Waals surface area contributed by atoms with Gasteiger partial charge in [0.1, 0.15) is 6.04 Å². The van der Waals surface area contributed by atoms with Gasteiger partial charge in [-0.15, -0.1) is 11.6 Å². The second-order valence-corrected chi connectivity index (χ2v) is 4.25. The van der Waals surface area contributed by atoms with Gasteiger partial charge in [0.25, 0.3) is 0 Å². The zero-order chi connectivity index (χ0) is 12.6. The van der Waals surface area contributed by atoms with Gasteiger partial charge in [0.05, 0.1) is 0 Å². The van der Waals surface area contributed by atoms with Crippen LogP contribution >= 0.6 is 11.6 Å². The second kappa shape index (κ2) is 8.39. The van der Waals surface area contributed by atoms with Crippen molar-refractivity contribution in [2.75, 3.05) is 5.88 Å². The number of nitrogens with two attached hydrogens (primary N) is 1. The van der Waals surface area contributed by atoms with Crippen molar-refractivity contribution < 1.29 is 9.59 Å². The molecule has 0 heterocycles. The molecule has 94 valence electrons. The van der Waals surface area contributed by atoms with Crippen molar-refractivity contribution in [3.63, 3.8) is 0 Å². The number of carbonyl (C=O) groups excluding carboxylic acids is 2. The molecular weight excluding hydrogens is 228 g/mol. The Bertz CT molecular complexity index is 234. The average molecular weight is 249 g/mol. The number of amides is 2. The highest BCUT2D eigenvalue weighted by Gasteiger charge is 2.18. The monoisotopic (exact) mass is 248 g/mol. The molecule has 0 spiro atoms. The van der Waals surface area contributed by atoms with E-state index in [-0.39, 0.29) is 11.8 Å². The lowest BCUT2D eigenvalue weighted by Gasteiger charge is -2.16. The Morgan fingerprint density at radius 2 is 2.00 bits per heavy atom. The van der Waals surface area contributed by atoms with Crippen LogP contribution in [0.1, 0.15) is 39.5 Å². The zero-order valence-electron chi connectivity index (χ0n) is 9.96. The highest BCUT2D eigenvalue weighted by molar-refractivity contribution is 6.18. The van der Waals surface area contributed by atoms with Crippen LogP contribution in [0.25, 0.3) is 0 Å². The fraction of sp³-hybridized carbons (Fsp3) is 0.818. The lowest BCUT2D eigenvalue weighted by molar-refractivity contribution is -0.127. The SMILES string of the molecule is CCCC(CCl)CC(=O)NC(CC)C(N)=O. The first-order valence-electron chi connectivity index (χ1n) is 5.69. The van der Waals surface area contributed by atoms with Gasteiger partial charge in [-0.05, 0) is 18.8 Å². The van der Waals surface area contributed by atoms with Crippen LogP contribution in [-0.2, 0) is 9.59 Å². The number of primary amides is 1. The number of carbonyl (C=O) groups is 2. The molecule has 16 heavy (non-hydrogen) atoms. The molecule has 0 fully saturated rings. The maximum atomic E-state index is 11.6. The van der Waals surface area contributed by atoms with E-state index in [1.54, 1.807) is 6.92 Å². The average Bonchev–Trinajstić information content (AvgIpc) is 2.24. The maximum Gasteiger partial charge on any atom is 0.239 e. The van der Waals surface area contributed by atoms with Crippen molar-refractivity contribution in [1.29, 1.82) is 0 Å². The molecule has 0 saturated heterocycles. The number of alkyl halides is 1. The summed E-state index contributed by atoms with van der Waals surface area (Å²) >= 11 is 5.75. The van der Waals surface area contributed by atoms with Crippen LogP contribution in [0.5, 0.6) is 0 Å². The molecule has 0 rings (SSSR count). The van der Waals surface area contributed by atoms with Gasteiger partial charge >= 0.3 is 0 Å². The molecule has 4 nitrogen and oxygen atoms in total. The third-order valence-electron chi connectivity index (χ3n) is 2.48. The number of hydrogen-bond donors (Lipinski definition) is 2. The highest BCUT2D eigenvalue weighted by atomic mass is 35.5.